The van der Waals surface area contributed by atoms with Crippen molar-refractivity contribution in [2.24, 2.45) is 5.73 Å². The summed E-state index contributed by atoms with van der Waals surface area (Å²) in [6.07, 6.45) is 0. The molecule has 1 amide bonds. The van der Waals surface area contributed by atoms with Gasteiger partial charge in [0.05, 0.1) is 16.1 Å². The molecule has 0 bridgehead atoms. The molecular formula is C15H13ClN3O+. The van der Waals surface area contributed by atoms with E-state index < -0.39 is 0 Å². The second kappa shape index (κ2) is 4.98. The Morgan fingerprint density at radius 1 is 1.15 bits per heavy atom. The number of benzene rings is 2. The van der Waals surface area contributed by atoms with Crippen LogP contribution in [0.15, 0.2) is 48.5 Å². The third kappa shape index (κ3) is 2.14. The fourth-order valence-corrected chi connectivity index (χ4v) is 2.46. The number of hydrogen-bond acceptors (Lipinski definition) is 2. The van der Waals surface area contributed by atoms with Gasteiger partial charge in [-0.25, -0.2) is 0 Å². The van der Waals surface area contributed by atoms with Gasteiger partial charge in [-0.1, -0.05) is 41.9 Å². The minimum atomic E-state index is -0.272. The fraction of sp³-hybridized carbons (Fsp3) is 0.0667. The number of nitrogens with one attached hydrogen (secondary N) is 1. The second-order valence-corrected chi connectivity index (χ2v) is 4.96. The number of hydrazine groups is 1. The van der Waals surface area contributed by atoms with E-state index in [4.69, 9.17) is 17.3 Å². The molecule has 4 nitrogen and oxygen atoms in total. The van der Waals surface area contributed by atoms with E-state index >= 15 is 0 Å². The molecule has 2 aromatic rings. The Morgan fingerprint density at radius 3 is 2.60 bits per heavy atom. The number of hydrogen-bond donors (Lipinski definition) is 2. The van der Waals surface area contributed by atoms with E-state index in [9.17, 15) is 4.79 Å². The summed E-state index contributed by atoms with van der Waals surface area (Å²) < 4.78 is 1.64. The van der Waals surface area contributed by atoms with Crippen molar-refractivity contribution in [2.75, 3.05) is 0 Å². The van der Waals surface area contributed by atoms with Crippen molar-refractivity contribution in [2.45, 2.75) is 6.54 Å². The summed E-state index contributed by atoms with van der Waals surface area (Å²) in [7, 11) is 0. The second-order valence-electron chi connectivity index (χ2n) is 4.55. The third-order valence-electron chi connectivity index (χ3n) is 3.27. The van der Waals surface area contributed by atoms with E-state index in [0.29, 0.717) is 23.0 Å². The topological polar surface area (TPSA) is 58.1 Å². The molecule has 0 saturated heterocycles. The van der Waals surface area contributed by atoms with Gasteiger partial charge < -0.3 is 0 Å². The molecule has 3 N–H and O–H groups in total. The average molecular weight is 287 g/mol. The Labute approximate surface area is 121 Å². The number of nitrogens with two attached hydrogens (primary N) is 1. The van der Waals surface area contributed by atoms with E-state index in [1.807, 2.05) is 24.3 Å². The summed E-state index contributed by atoms with van der Waals surface area (Å²) in [5, 5.41) is 0.417. The maximum atomic E-state index is 12.2. The first-order valence-corrected chi connectivity index (χ1v) is 6.58. The zero-order chi connectivity index (χ0) is 14.1. The maximum Gasteiger partial charge on any atom is 0.299 e. The van der Waals surface area contributed by atoms with Crippen molar-refractivity contribution >= 4 is 23.3 Å². The smallest absolute Gasteiger partial charge is 0.285 e. The third-order valence-corrected chi connectivity index (χ3v) is 3.60. The van der Waals surface area contributed by atoms with E-state index in [2.05, 4.69) is 5.43 Å². The van der Waals surface area contributed by atoms with Crippen molar-refractivity contribution in [3.8, 4) is 0 Å². The Kier molecular flexibility index (Phi) is 3.16. The first kappa shape index (κ1) is 12.7. The minimum Gasteiger partial charge on any atom is -0.285 e. The predicted octanol–water partition coefficient (Wildman–Crippen LogP) is 1.92. The highest BCUT2D eigenvalue weighted by molar-refractivity contribution is 6.33. The van der Waals surface area contributed by atoms with Crippen LogP contribution in [-0.2, 0) is 6.54 Å². The van der Waals surface area contributed by atoms with Crippen LogP contribution in [0.5, 0.6) is 0 Å². The Balaban J connectivity index is 1.86. The molecule has 100 valence electrons. The number of hydrazone groups is 1. The monoisotopic (exact) mass is 286 g/mol. The van der Waals surface area contributed by atoms with E-state index in [1.54, 1.807) is 28.9 Å². The van der Waals surface area contributed by atoms with E-state index in [-0.39, 0.29) is 5.91 Å². The van der Waals surface area contributed by atoms with Gasteiger partial charge >= 0.3 is 0 Å². The van der Waals surface area contributed by atoms with Crippen LogP contribution in [0.4, 0.5) is 0 Å². The van der Waals surface area contributed by atoms with Crippen LogP contribution in [0.2, 0.25) is 5.02 Å². The molecule has 1 heterocycles. The lowest BCUT2D eigenvalue weighted by Crippen LogP contribution is -2.38. The van der Waals surface area contributed by atoms with Crippen LogP contribution in [0, 0.1) is 0 Å². The Morgan fingerprint density at radius 2 is 1.85 bits per heavy atom. The number of rotatable bonds is 2. The van der Waals surface area contributed by atoms with Crippen LogP contribution >= 0.6 is 11.6 Å². The number of halogens is 1. The summed E-state index contributed by atoms with van der Waals surface area (Å²) in [5.41, 5.74) is 11.3. The molecule has 1 aliphatic rings. The zero-order valence-corrected chi connectivity index (χ0v) is 11.4. The normalized spacial score (nSPS) is 13.2. The number of amidine groups is 1. The van der Waals surface area contributed by atoms with Crippen LogP contribution in [0.1, 0.15) is 21.5 Å². The highest BCUT2D eigenvalue weighted by Crippen LogP contribution is 2.17. The predicted molar refractivity (Wildman–Crippen MR) is 77.6 cm³/mol. The molecule has 1 aliphatic heterocycles. The number of nitrogens with zero attached hydrogens (tertiary/aromatic N) is 1. The van der Waals surface area contributed by atoms with Crippen molar-refractivity contribution in [3.05, 3.63) is 70.2 Å². The molecule has 2 aromatic carbocycles. The SMILES string of the molecule is NC1=[N+](NC(=O)c2ccccc2Cl)Cc2ccccc21. The molecule has 0 aromatic heterocycles. The number of carbonyl (C=O) groups is 1. The van der Waals surface area contributed by atoms with Gasteiger partial charge in [0.1, 0.15) is 6.54 Å². The summed E-state index contributed by atoms with van der Waals surface area (Å²) in [4.78, 5) is 12.2. The molecule has 0 fully saturated rings. The molecule has 0 spiro atoms. The Bertz CT molecular complexity index is 725. The number of fused-ring (bicyclic) bond motifs is 1. The lowest BCUT2D eigenvalue weighted by molar-refractivity contribution is -0.584. The van der Waals surface area contributed by atoms with Crippen molar-refractivity contribution < 1.29 is 9.48 Å². The molecule has 0 saturated carbocycles. The molecule has 0 atom stereocenters. The summed E-state index contributed by atoms with van der Waals surface area (Å²) in [6, 6.07) is 14.7. The minimum absolute atomic E-state index is 0.272. The molecule has 0 unspecified atom stereocenters. The molecule has 0 radical (unpaired) electrons. The van der Waals surface area contributed by atoms with Gasteiger partial charge in [0.25, 0.3) is 11.7 Å². The average Bonchev–Trinajstić information content (AvgIpc) is 2.76. The largest absolute Gasteiger partial charge is 0.299 e. The van der Waals surface area contributed by atoms with Gasteiger partial charge in [-0.2, -0.15) is 10.1 Å². The van der Waals surface area contributed by atoms with E-state index in [1.165, 1.54) is 0 Å². The lowest BCUT2D eigenvalue weighted by atomic mass is 10.1. The van der Waals surface area contributed by atoms with Crippen LogP contribution in [0.3, 0.4) is 0 Å². The van der Waals surface area contributed by atoms with Crippen molar-refractivity contribution in [1.82, 2.24) is 5.43 Å². The summed E-state index contributed by atoms with van der Waals surface area (Å²) in [5.74, 6) is 0.271. The molecule has 5 heteroatoms. The molecule has 0 aliphatic carbocycles. The molecular weight excluding hydrogens is 274 g/mol. The number of amides is 1. The fourth-order valence-electron chi connectivity index (χ4n) is 2.24. The van der Waals surface area contributed by atoms with Gasteiger partial charge in [0.2, 0.25) is 0 Å². The van der Waals surface area contributed by atoms with Crippen LogP contribution in [0.25, 0.3) is 0 Å². The first-order chi connectivity index (χ1) is 9.66. The molecule has 3 rings (SSSR count). The number of carbonyl (C=O) groups excluding carboxylic acids is 1. The quantitative estimate of drug-likeness (QED) is 0.829. The van der Waals surface area contributed by atoms with Gasteiger partial charge in [-0.3, -0.25) is 10.5 Å². The summed E-state index contributed by atoms with van der Waals surface area (Å²) >= 11 is 6.01. The van der Waals surface area contributed by atoms with Crippen molar-refractivity contribution in [3.63, 3.8) is 0 Å². The molecule has 20 heavy (non-hydrogen) atoms. The van der Waals surface area contributed by atoms with Crippen molar-refractivity contribution in [1.29, 1.82) is 0 Å². The highest BCUT2D eigenvalue weighted by atomic mass is 35.5. The maximum absolute atomic E-state index is 12.2. The Hall–Kier alpha value is -2.33. The van der Waals surface area contributed by atoms with Gasteiger partial charge in [-0.15, -0.1) is 0 Å². The van der Waals surface area contributed by atoms with Crippen LogP contribution in [-0.4, -0.2) is 16.4 Å². The van der Waals surface area contributed by atoms with E-state index in [0.717, 1.165) is 11.1 Å². The summed E-state index contributed by atoms with van der Waals surface area (Å²) in [6.45, 7) is 0.554. The van der Waals surface area contributed by atoms with Crippen LogP contribution < -0.4 is 11.2 Å². The van der Waals surface area contributed by atoms with Gasteiger partial charge in [0, 0.05) is 5.56 Å². The standard InChI is InChI=1S/C15H12ClN3O/c16-13-8-4-3-7-12(13)15(20)18-19-9-10-5-1-2-6-11(10)14(19)17/h1-8,17H,9H2,(H,18,20)/p+1. The van der Waals surface area contributed by atoms with Gasteiger partial charge in [0.15, 0.2) is 0 Å². The van der Waals surface area contributed by atoms with Gasteiger partial charge in [-0.05, 0) is 18.2 Å². The highest BCUT2D eigenvalue weighted by Gasteiger charge is 2.26. The zero-order valence-electron chi connectivity index (χ0n) is 10.6. The lowest BCUT2D eigenvalue weighted by Gasteiger charge is -2.06. The first-order valence-electron chi connectivity index (χ1n) is 6.20.